The molecular formula is C23H36N6O5. The molecule has 3 heterocycles. The number of aromatic nitrogens is 4. The number of nitrogens with two attached hydrogens (primary N) is 1. The first kappa shape index (κ1) is 24.8. The lowest BCUT2D eigenvalue weighted by molar-refractivity contribution is -0.163. The summed E-state index contributed by atoms with van der Waals surface area (Å²) in [5.41, 5.74) is 7.09. The first-order valence-electron chi connectivity index (χ1n) is 11.9. The molecule has 0 aromatic carbocycles. The van der Waals surface area contributed by atoms with E-state index in [2.05, 4.69) is 33.7 Å². The van der Waals surface area contributed by atoms with Gasteiger partial charge in [-0.1, -0.05) is 0 Å². The first-order chi connectivity index (χ1) is 16.1. The summed E-state index contributed by atoms with van der Waals surface area (Å²) < 4.78 is 20.5. The molecule has 1 aliphatic heterocycles. The monoisotopic (exact) mass is 476 g/mol. The molecule has 11 heteroatoms. The predicted octanol–water partition coefficient (Wildman–Crippen LogP) is 2.43. The molecule has 4 rings (SSSR count). The number of imidazole rings is 1. The van der Waals surface area contributed by atoms with E-state index in [-0.39, 0.29) is 12.5 Å². The second-order valence-corrected chi connectivity index (χ2v) is 10.1. The third-order valence-electron chi connectivity index (χ3n) is 6.94. The van der Waals surface area contributed by atoms with Gasteiger partial charge in [0.1, 0.15) is 24.1 Å². The van der Waals surface area contributed by atoms with Gasteiger partial charge in [0, 0.05) is 32.2 Å². The number of hydrogen-bond acceptors (Lipinski definition) is 9. The van der Waals surface area contributed by atoms with Gasteiger partial charge in [0.25, 0.3) is 0 Å². The molecule has 3 atom stereocenters. The fourth-order valence-electron chi connectivity index (χ4n) is 5.14. The molecule has 2 aromatic rings. The fourth-order valence-corrected chi connectivity index (χ4v) is 5.14. The van der Waals surface area contributed by atoms with Crippen molar-refractivity contribution in [3.63, 3.8) is 0 Å². The summed E-state index contributed by atoms with van der Waals surface area (Å²) in [7, 11) is 1.69. The van der Waals surface area contributed by atoms with Crippen LogP contribution in [0.25, 0.3) is 11.2 Å². The fraction of sp³-hybridized carbons (Fsp3) is 0.739. The molecule has 3 N–H and O–H groups in total. The average molecular weight is 477 g/mol. The van der Waals surface area contributed by atoms with Crippen molar-refractivity contribution in [3.8, 4) is 0 Å². The van der Waals surface area contributed by atoms with Crippen LogP contribution < -0.4 is 5.73 Å². The lowest BCUT2D eigenvalue weighted by atomic mass is 9.76. The van der Waals surface area contributed by atoms with Crippen LogP contribution in [0.3, 0.4) is 0 Å². The zero-order chi connectivity index (χ0) is 24.6. The number of nitrogen functional groups attached to an aromatic ring is 1. The van der Waals surface area contributed by atoms with Gasteiger partial charge in [-0.3, -0.25) is 14.3 Å². The molecule has 1 aliphatic carbocycles. The van der Waals surface area contributed by atoms with Crippen LogP contribution in [-0.2, 0) is 19.0 Å². The summed E-state index contributed by atoms with van der Waals surface area (Å²) in [6, 6.07) is 0.699. The number of ether oxygens (including phenoxy) is 3. The molecule has 0 bridgehead atoms. The number of hydrogen-bond donors (Lipinski definition) is 2. The van der Waals surface area contributed by atoms with Crippen molar-refractivity contribution in [2.75, 3.05) is 19.4 Å². The first-order valence-corrected chi connectivity index (χ1v) is 11.9. The maximum atomic E-state index is 10.9. The van der Waals surface area contributed by atoms with Crippen molar-refractivity contribution in [2.45, 2.75) is 89.7 Å². The van der Waals surface area contributed by atoms with Gasteiger partial charge in [-0.15, -0.1) is 0 Å². The number of carbonyl (C=O) groups is 1. The molecular weight excluding hydrogens is 440 g/mol. The van der Waals surface area contributed by atoms with Gasteiger partial charge in [0.15, 0.2) is 23.5 Å². The van der Waals surface area contributed by atoms with Crippen LogP contribution in [0.15, 0.2) is 12.7 Å². The van der Waals surface area contributed by atoms with Gasteiger partial charge in [-0.05, 0) is 52.9 Å². The lowest BCUT2D eigenvalue weighted by Gasteiger charge is -2.46. The number of methoxy groups -OCH3 is 1. The smallest absolute Gasteiger partial charge is 0.303 e. The zero-order valence-corrected chi connectivity index (χ0v) is 20.5. The third kappa shape index (κ3) is 5.02. The minimum Gasteiger partial charge on any atom is -0.481 e. The van der Waals surface area contributed by atoms with E-state index in [1.807, 2.05) is 18.4 Å². The number of fused-ring (bicyclic) bond motifs is 1. The van der Waals surface area contributed by atoms with Crippen molar-refractivity contribution in [1.82, 2.24) is 24.4 Å². The lowest BCUT2D eigenvalue weighted by Crippen LogP contribution is -2.53. The number of carboxylic acid groups (broad SMARTS) is 1. The van der Waals surface area contributed by atoms with Gasteiger partial charge >= 0.3 is 5.97 Å². The largest absolute Gasteiger partial charge is 0.481 e. The van der Waals surface area contributed by atoms with E-state index in [0.717, 1.165) is 19.3 Å². The van der Waals surface area contributed by atoms with Gasteiger partial charge in [0.2, 0.25) is 0 Å². The highest BCUT2D eigenvalue weighted by Crippen LogP contribution is 2.40. The average Bonchev–Trinajstić information content (AvgIpc) is 3.29. The van der Waals surface area contributed by atoms with Crippen molar-refractivity contribution >= 4 is 23.0 Å². The molecule has 1 saturated carbocycles. The highest BCUT2D eigenvalue weighted by molar-refractivity contribution is 5.81. The van der Waals surface area contributed by atoms with Gasteiger partial charge < -0.3 is 25.1 Å². The Morgan fingerprint density at radius 1 is 1.32 bits per heavy atom. The molecule has 0 spiro atoms. The quantitative estimate of drug-likeness (QED) is 0.526. The maximum Gasteiger partial charge on any atom is 0.303 e. The Bertz CT molecular complexity index is 1000. The Balaban J connectivity index is 1.52. The number of carboxylic acids is 1. The molecule has 0 unspecified atom stereocenters. The van der Waals surface area contributed by atoms with Crippen LogP contribution in [0.2, 0.25) is 0 Å². The molecule has 34 heavy (non-hydrogen) atoms. The van der Waals surface area contributed by atoms with Crippen molar-refractivity contribution in [2.24, 2.45) is 5.92 Å². The second-order valence-electron chi connectivity index (χ2n) is 10.1. The van der Waals surface area contributed by atoms with Gasteiger partial charge in [0.05, 0.1) is 6.33 Å². The molecule has 11 nitrogen and oxygen atoms in total. The summed E-state index contributed by atoms with van der Waals surface area (Å²) in [5, 5.41) is 8.97. The van der Waals surface area contributed by atoms with Gasteiger partial charge in [-0.25, -0.2) is 15.0 Å². The number of nitrogens with zero attached hydrogens (tertiary/aromatic N) is 5. The Hall–Kier alpha value is -2.34. The topological polar surface area (TPSA) is 138 Å². The molecule has 2 fully saturated rings. The zero-order valence-electron chi connectivity index (χ0n) is 20.5. The Morgan fingerprint density at radius 2 is 2.06 bits per heavy atom. The van der Waals surface area contributed by atoms with E-state index in [9.17, 15) is 4.79 Å². The van der Waals surface area contributed by atoms with Crippen LogP contribution in [-0.4, -0.2) is 79.2 Å². The van der Waals surface area contributed by atoms with Crippen molar-refractivity contribution in [3.05, 3.63) is 12.7 Å². The molecule has 188 valence electrons. The summed E-state index contributed by atoms with van der Waals surface area (Å²) >= 11 is 0. The predicted molar refractivity (Wildman–Crippen MR) is 125 cm³/mol. The Kier molecular flexibility index (Phi) is 7.09. The molecule has 1 saturated heterocycles. The highest BCUT2D eigenvalue weighted by Gasteiger charge is 2.48. The van der Waals surface area contributed by atoms with Crippen molar-refractivity contribution < 1.29 is 24.1 Å². The van der Waals surface area contributed by atoms with Crippen LogP contribution >= 0.6 is 0 Å². The van der Waals surface area contributed by atoms with Crippen LogP contribution in [0.1, 0.15) is 59.6 Å². The summed E-state index contributed by atoms with van der Waals surface area (Å²) in [4.78, 5) is 26.1. The van der Waals surface area contributed by atoms with E-state index < -0.39 is 24.1 Å². The Morgan fingerprint density at radius 3 is 2.71 bits per heavy atom. The van der Waals surface area contributed by atoms with E-state index in [1.54, 1.807) is 13.4 Å². The second kappa shape index (κ2) is 9.73. The van der Waals surface area contributed by atoms with E-state index in [0.29, 0.717) is 41.5 Å². The van der Waals surface area contributed by atoms with Gasteiger partial charge in [-0.2, -0.15) is 0 Å². The standard InChI is InChI=1S/C23H36N6O5/c1-13(2)28(15-8-14(9-15)6-7-17(30)31)10-16(32-5)19-22(34-23(3,4)33-19)29-12-27-18-20(24)25-11-26-21(18)29/h11-16,19,22H,6-10H2,1-5H3,(H,30,31)(H2,24,25,26)/t14-,15-,16-,19-,22-/m1/s1. The third-order valence-corrected chi connectivity index (χ3v) is 6.94. The van der Waals surface area contributed by atoms with Crippen LogP contribution in [0, 0.1) is 5.92 Å². The summed E-state index contributed by atoms with van der Waals surface area (Å²) in [6.45, 7) is 8.78. The minimum absolute atomic E-state index is 0.233. The summed E-state index contributed by atoms with van der Waals surface area (Å²) in [5.74, 6) is -0.768. The van der Waals surface area contributed by atoms with E-state index in [1.165, 1.54) is 6.33 Å². The van der Waals surface area contributed by atoms with E-state index >= 15 is 0 Å². The highest BCUT2D eigenvalue weighted by atomic mass is 16.8. The number of rotatable bonds is 10. The Labute approximate surface area is 199 Å². The number of anilines is 1. The van der Waals surface area contributed by atoms with Crippen LogP contribution in [0.5, 0.6) is 0 Å². The molecule has 2 aromatic heterocycles. The minimum atomic E-state index is -0.817. The molecule has 0 radical (unpaired) electrons. The molecule has 2 aliphatic rings. The maximum absolute atomic E-state index is 10.9. The molecule has 0 amide bonds. The van der Waals surface area contributed by atoms with E-state index in [4.69, 9.17) is 25.1 Å². The van der Waals surface area contributed by atoms with Crippen LogP contribution in [0.4, 0.5) is 5.82 Å². The van der Waals surface area contributed by atoms with Crippen molar-refractivity contribution in [1.29, 1.82) is 0 Å². The summed E-state index contributed by atoms with van der Waals surface area (Å²) in [6.07, 6.45) is 4.86. The number of aliphatic carboxylic acids is 1. The normalized spacial score (nSPS) is 27.4. The SMILES string of the molecule is CO[C@H](CN(C(C)C)[C@H]1C[C@H](CCC(=O)O)C1)[C@H]1OC(C)(C)O[C@H]1n1cnc2c(N)ncnc21.